The van der Waals surface area contributed by atoms with Gasteiger partial charge in [-0.15, -0.1) is 0 Å². The van der Waals surface area contributed by atoms with E-state index in [1.165, 1.54) is 14.0 Å². The van der Waals surface area contributed by atoms with Crippen molar-refractivity contribution in [2.75, 3.05) is 61.8 Å². The standard InChI is InChI=1S/C24H32O8/c1-17(25)23-20(9-10-30-12-11-26-2)24(18-7-6-8-19(13-18)29-5)22(32-16-28-4)14-21(23)31-15-27-3/h6-8,13-14H,9-12,15-16H2,1-5H3. The molecule has 2 aromatic rings. The number of ketones is 1. The zero-order chi connectivity index (χ0) is 23.3. The van der Waals surface area contributed by atoms with Crippen molar-refractivity contribution in [3.63, 3.8) is 0 Å². The van der Waals surface area contributed by atoms with Gasteiger partial charge in [-0.25, -0.2) is 0 Å². The van der Waals surface area contributed by atoms with Crippen LogP contribution in [0.3, 0.4) is 0 Å². The van der Waals surface area contributed by atoms with Crippen molar-refractivity contribution in [3.8, 4) is 28.4 Å². The Labute approximate surface area is 189 Å². The average molecular weight is 449 g/mol. The van der Waals surface area contributed by atoms with Gasteiger partial charge in [-0.05, 0) is 36.6 Å². The smallest absolute Gasteiger partial charge is 0.188 e. The van der Waals surface area contributed by atoms with Crippen LogP contribution in [-0.2, 0) is 25.4 Å². The molecule has 0 aliphatic heterocycles. The Bertz CT molecular complexity index is 865. The molecule has 0 radical (unpaired) electrons. The molecule has 0 aromatic heterocycles. The Morgan fingerprint density at radius 3 is 2.19 bits per heavy atom. The molecule has 32 heavy (non-hydrogen) atoms. The third-order valence-corrected chi connectivity index (χ3v) is 4.66. The third-order valence-electron chi connectivity index (χ3n) is 4.66. The van der Waals surface area contributed by atoms with Crippen molar-refractivity contribution >= 4 is 5.78 Å². The van der Waals surface area contributed by atoms with Gasteiger partial charge in [0, 0.05) is 33.0 Å². The second-order valence-corrected chi connectivity index (χ2v) is 6.85. The second-order valence-electron chi connectivity index (χ2n) is 6.85. The molecule has 0 bridgehead atoms. The van der Waals surface area contributed by atoms with E-state index < -0.39 is 0 Å². The van der Waals surface area contributed by atoms with Crippen LogP contribution in [0.1, 0.15) is 22.8 Å². The number of methoxy groups -OCH3 is 4. The first kappa shape index (κ1) is 25.6. The van der Waals surface area contributed by atoms with E-state index in [9.17, 15) is 4.79 Å². The summed E-state index contributed by atoms with van der Waals surface area (Å²) < 4.78 is 38.0. The lowest BCUT2D eigenvalue weighted by atomic mass is 9.90. The van der Waals surface area contributed by atoms with Gasteiger partial charge in [0.15, 0.2) is 19.4 Å². The predicted molar refractivity (Wildman–Crippen MR) is 120 cm³/mol. The van der Waals surface area contributed by atoms with E-state index in [-0.39, 0.29) is 19.4 Å². The lowest BCUT2D eigenvalue weighted by molar-refractivity contribution is 0.0455. The van der Waals surface area contributed by atoms with Gasteiger partial charge in [-0.3, -0.25) is 4.79 Å². The van der Waals surface area contributed by atoms with E-state index in [1.807, 2.05) is 24.3 Å². The van der Waals surface area contributed by atoms with Crippen molar-refractivity contribution in [1.29, 1.82) is 0 Å². The molecule has 8 nitrogen and oxygen atoms in total. The molecule has 8 heteroatoms. The van der Waals surface area contributed by atoms with E-state index >= 15 is 0 Å². The molecule has 0 unspecified atom stereocenters. The molecule has 0 aliphatic rings. The van der Waals surface area contributed by atoms with Crippen LogP contribution in [0.25, 0.3) is 11.1 Å². The minimum absolute atomic E-state index is 0.00766. The number of carbonyl (C=O) groups excluding carboxylic acids is 1. The van der Waals surface area contributed by atoms with Gasteiger partial charge in [0.25, 0.3) is 0 Å². The Morgan fingerprint density at radius 1 is 0.844 bits per heavy atom. The van der Waals surface area contributed by atoms with Gasteiger partial charge in [-0.1, -0.05) is 12.1 Å². The molecule has 176 valence electrons. The molecule has 0 fully saturated rings. The summed E-state index contributed by atoms with van der Waals surface area (Å²) in [5.74, 6) is 1.45. The summed E-state index contributed by atoms with van der Waals surface area (Å²) in [6.45, 7) is 2.86. The van der Waals surface area contributed by atoms with Crippen LogP contribution in [0, 0.1) is 0 Å². The number of rotatable bonds is 15. The summed E-state index contributed by atoms with van der Waals surface area (Å²) in [6.07, 6.45) is 0.457. The highest BCUT2D eigenvalue weighted by molar-refractivity contribution is 6.01. The maximum absolute atomic E-state index is 12.7. The minimum Gasteiger partial charge on any atom is -0.497 e. The molecule has 0 saturated carbocycles. The molecule has 0 N–H and O–H groups in total. The van der Waals surface area contributed by atoms with Crippen LogP contribution in [0.5, 0.6) is 17.2 Å². The lowest BCUT2D eigenvalue weighted by Gasteiger charge is -2.22. The highest BCUT2D eigenvalue weighted by Gasteiger charge is 2.24. The molecule has 0 amide bonds. The molecule has 2 rings (SSSR count). The van der Waals surface area contributed by atoms with E-state index in [0.29, 0.717) is 49.1 Å². The van der Waals surface area contributed by atoms with Gasteiger partial charge in [0.2, 0.25) is 0 Å². The molecular weight excluding hydrogens is 416 g/mol. The fourth-order valence-corrected chi connectivity index (χ4v) is 3.31. The normalized spacial score (nSPS) is 10.8. The molecule has 2 aromatic carbocycles. The quantitative estimate of drug-likeness (QED) is 0.232. The molecule has 0 atom stereocenters. The highest BCUT2D eigenvalue weighted by Crippen LogP contribution is 2.42. The Balaban J connectivity index is 2.67. The van der Waals surface area contributed by atoms with Crippen molar-refractivity contribution < 1.29 is 38.0 Å². The van der Waals surface area contributed by atoms with Crippen LogP contribution in [0.15, 0.2) is 30.3 Å². The number of carbonyl (C=O) groups is 1. The topological polar surface area (TPSA) is 81.7 Å². The number of benzene rings is 2. The zero-order valence-electron chi connectivity index (χ0n) is 19.4. The van der Waals surface area contributed by atoms with Gasteiger partial charge >= 0.3 is 0 Å². The van der Waals surface area contributed by atoms with Crippen LogP contribution in [-0.4, -0.2) is 67.6 Å². The van der Waals surface area contributed by atoms with E-state index in [4.69, 9.17) is 33.2 Å². The number of hydrogen-bond acceptors (Lipinski definition) is 8. The fourth-order valence-electron chi connectivity index (χ4n) is 3.31. The molecule has 0 spiro atoms. The van der Waals surface area contributed by atoms with Gasteiger partial charge < -0.3 is 33.2 Å². The van der Waals surface area contributed by atoms with Crippen LogP contribution >= 0.6 is 0 Å². The summed E-state index contributed by atoms with van der Waals surface area (Å²) in [5, 5.41) is 0. The lowest BCUT2D eigenvalue weighted by Crippen LogP contribution is -2.13. The monoisotopic (exact) mass is 448 g/mol. The number of ether oxygens (including phenoxy) is 7. The molecule has 0 saturated heterocycles. The van der Waals surface area contributed by atoms with Gasteiger partial charge in [-0.2, -0.15) is 0 Å². The van der Waals surface area contributed by atoms with Gasteiger partial charge in [0.1, 0.15) is 17.2 Å². The van der Waals surface area contributed by atoms with Crippen molar-refractivity contribution in [1.82, 2.24) is 0 Å². The van der Waals surface area contributed by atoms with E-state index in [0.717, 1.165) is 16.7 Å². The third kappa shape index (κ3) is 6.93. The van der Waals surface area contributed by atoms with Crippen molar-refractivity contribution in [3.05, 3.63) is 41.5 Å². The predicted octanol–water partition coefficient (Wildman–Crippen LogP) is 3.74. The Kier molecular flexibility index (Phi) is 11.0. The maximum Gasteiger partial charge on any atom is 0.188 e. The van der Waals surface area contributed by atoms with Gasteiger partial charge in [0.05, 0.1) is 32.5 Å². The Hall–Kier alpha value is -2.65. The van der Waals surface area contributed by atoms with E-state index in [2.05, 4.69) is 0 Å². The molecule has 0 aliphatic carbocycles. The summed E-state index contributed by atoms with van der Waals surface area (Å²) in [5.41, 5.74) is 2.80. The first-order chi connectivity index (χ1) is 15.6. The first-order valence-electron chi connectivity index (χ1n) is 10.2. The largest absolute Gasteiger partial charge is 0.497 e. The minimum atomic E-state index is -0.134. The van der Waals surface area contributed by atoms with E-state index in [1.54, 1.807) is 27.4 Å². The van der Waals surface area contributed by atoms with Crippen LogP contribution < -0.4 is 14.2 Å². The summed E-state index contributed by atoms with van der Waals surface area (Å²) >= 11 is 0. The average Bonchev–Trinajstić information content (AvgIpc) is 2.80. The first-order valence-corrected chi connectivity index (χ1v) is 10.2. The van der Waals surface area contributed by atoms with Crippen molar-refractivity contribution in [2.45, 2.75) is 13.3 Å². The van der Waals surface area contributed by atoms with Crippen LogP contribution in [0.4, 0.5) is 0 Å². The van der Waals surface area contributed by atoms with Crippen LogP contribution in [0.2, 0.25) is 0 Å². The molecule has 0 heterocycles. The fraction of sp³-hybridized carbons (Fsp3) is 0.458. The zero-order valence-corrected chi connectivity index (χ0v) is 19.4. The SMILES string of the molecule is COCCOCCc1c(C(C)=O)c(OCOC)cc(OCOC)c1-c1cccc(OC)c1. The second kappa shape index (κ2) is 13.7. The van der Waals surface area contributed by atoms with Crippen molar-refractivity contribution in [2.24, 2.45) is 0 Å². The Morgan fingerprint density at radius 2 is 1.56 bits per heavy atom. The number of Topliss-reactive ketones (excluding diaryl/α,β-unsaturated/α-hetero) is 1. The summed E-state index contributed by atoms with van der Waals surface area (Å²) in [4.78, 5) is 12.7. The number of hydrogen-bond donors (Lipinski definition) is 0. The summed E-state index contributed by atoms with van der Waals surface area (Å²) in [6, 6.07) is 9.26. The maximum atomic E-state index is 12.7. The molecular formula is C24H32O8. The summed E-state index contributed by atoms with van der Waals surface area (Å²) in [7, 11) is 6.29. The highest BCUT2D eigenvalue weighted by atomic mass is 16.7.